The van der Waals surface area contributed by atoms with E-state index < -0.39 is 41.2 Å². The van der Waals surface area contributed by atoms with Crippen molar-refractivity contribution in [1.29, 1.82) is 0 Å². The number of likely N-dealkylation sites (tertiary alicyclic amines) is 3. The largest absolute Gasteiger partial charge is 0.507 e. The van der Waals surface area contributed by atoms with Gasteiger partial charge < -0.3 is 45.8 Å². The van der Waals surface area contributed by atoms with Gasteiger partial charge in [-0.05, 0) is 138 Å². The summed E-state index contributed by atoms with van der Waals surface area (Å²) in [5.41, 5.74) is 2.71. The van der Waals surface area contributed by atoms with Crippen LogP contribution in [0.15, 0.2) is 48.5 Å². The van der Waals surface area contributed by atoms with Crippen molar-refractivity contribution in [3.8, 4) is 29.4 Å². The maximum Gasteiger partial charge on any atom is 0.246 e. The highest BCUT2D eigenvalue weighted by atomic mass is 19.1. The topological polar surface area (TPSA) is 170 Å². The van der Waals surface area contributed by atoms with Crippen LogP contribution in [-0.4, -0.2) is 159 Å². The number of aromatic nitrogens is 2. The van der Waals surface area contributed by atoms with E-state index in [4.69, 9.17) is 6.42 Å². The average Bonchev–Trinajstić information content (AvgIpc) is 3.78. The van der Waals surface area contributed by atoms with Gasteiger partial charge in [0.25, 0.3) is 0 Å². The number of aromatic hydroxyl groups is 1. The van der Waals surface area contributed by atoms with Crippen molar-refractivity contribution in [3.63, 3.8) is 0 Å². The number of amides is 3. The number of nitrogens with one attached hydrogen (secondary N) is 3. The molecule has 3 amide bonds. The number of piperazine rings is 1. The average molecular weight is 989 g/mol. The van der Waals surface area contributed by atoms with E-state index in [1.807, 2.05) is 39.0 Å². The number of aliphatic hydroxyl groups is 1. The fraction of sp³-hybridized carbons (Fsp3) is 0.625. The molecule has 0 bridgehead atoms. The lowest BCUT2D eigenvalue weighted by atomic mass is 9.56. The lowest BCUT2D eigenvalue weighted by Crippen LogP contribution is -2.59. The molecule has 0 unspecified atom stereocenters. The molecule has 6 fully saturated rings. The summed E-state index contributed by atoms with van der Waals surface area (Å²) in [4.78, 5) is 53.6. The maximum absolute atomic E-state index is 14.6. The normalized spacial score (nSPS) is 26.5. The Hall–Kier alpha value is -5.34. The number of para-hydroxylation sites is 1. The van der Waals surface area contributed by atoms with Gasteiger partial charge in [0, 0.05) is 93.0 Å². The van der Waals surface area contributed by atoms with Gasteiger partial charge >= 0.3 is 0 Å². The van der Waals surface area contributed by atoms with Crippen LogP contribution in [0.2, 0.25) is 0 Å². The number of carbonyl (C=O) groups is 3. The molecule has 72 heavy (non-hydrogen) atoms. The van der Waals surface area contributed by atoms with Gasteiger partial charge in [0.1, 0.15) is 23.7 Å². The number of piperidine rings is 2. The molecule has 16 heteroatoms. The van der Waals surface area contributed by atoms with E-state index in [0.29, 0.717) is 40.4 Å². The van der Waals surface area contributed by atoms with Crippen LogP contribution in [0.5, 0.6) is 5.75 Å². The number of hydrogen-bond donors (Lipinski definition) is 5. The first kappa shape index (κ1) is 51.6. The third-order valence-electron chi connectivity index (χ3n) is 17.2. The Labute approximate surface area is 425 Å². The van der Waals surface area contributed by atoms with Gasteiger partial charge in [0.15, 0.2) is 5.82 Å². The van der Waals surface area contributed by atoms with E-state index in [1.165, 1.54) is 55.6 Å². The molecule has 4 saturated heterocycles. The van der Waals surface area contributed by atoms with Gasteiger partial charge in [-0.3, -0.25) is 19.3 Å². The Kier molecular flexibility index (Phi) is 15.8. The minimum atomic E-state index is -0.949. The molecule has 2 aromatic carbocycles. The first-order valence-electron chi connectivity index (χ1n) is 26.8. The van der Waals surface area contributed by atoms with Gasteiger partial charge in [-0.25, -0.2) is 4.39 Å². The highest BCUT2D eigenvalue weighted by molar-refractivity contribution is 5.93. The first-order valence-corrected chi connectivity index (χ1v) is 26.8. The van der Waals surface area contributed by atoms with Crippen LogP contribution in [0, 0.1) is 34.9 Å². The molecule has 3 atom stereocenters. The zero-order valence-corrected chi connectivity index (χ0v) is 42.9. The van der Waals surface area contributed by atoms with Crippen molar-refractivity contribution < 1.29 is 29.0 Å². The van der Waals surface area contributed by atoms with Gasteiger partial charge in [0.05, 0.1) is 17.5 Å². The Bertz CT molecular complexity index is 2440. The van der Waals surface area contributed by atoms with Crippen molar-refractivity contribution in [2.24, 2.45) is 16.7 Å². The van der Waals surface area contributed by atoms with Crippen LogP contribution >= 0.6 is 0 Å². The number of terminal acetylenes is 1. The van der Waals surface area contributed by atoms with E-state index >= 15 is 0 Å². The summed E-state index contributed by atoms with van der Waals surface area (Å²) in [6, 6.07) is 13.8. The molecule has 1 aromatic heterocycles. The summed E-state index contributed by atoms with van der Waals surface area (Å²) in [6.45, 7) is 16.9. The number of aliphatic hydroxyl groups excluding tert-OH is 1. The van der Waals surface area contributed by atoms with E-state index in [-0.39, 0.29) is 42.6 Å². The van der Waals surface area contributed by atoms with Crippen LogP contribution in [0.1, 0.15) is 109 Å². The summed E-state index contributed by atoms with van der Waals surface area (Å²) in [5, 5.41) is 39.4. The summed E-state index contributed by atoms with van der Waals surface area (Å²) in [7, 11) is 0. The van der Waals surface area contributed by atoms with E-state index in [9.17, 15) is 29.0 Å². The maximum atomic E-state index is 14.6. The van der Waals surface area contributed by atoms with Crippen LogP contribution < -0.4 is 20.9 Å². The van der Waals surface area contributed by atoms with Crippen molar-refractivity contribution in [3.05, 3.63) is 65.5 Å². The van der Waals surface area contributed by atoms with Gasteiger partial charge in [-0.15, -0.1) is 16.6 Å². The van der Waals surface area contributed by atoms with Gasteiger partial charge in [0.2, 0.25) is 17.7 Å². The van der Waals surface area contributed by atoms with E-state index in [1.54, 1.807) is 12.1 Å². The predicted octanol–water partition coefficient (Wildman–Crippen LogP) is 5.60. The van der Waals surface area contributed by atoms with Crippen molar-refractivity contribution in [2.75, 3.05) is 75.7 Å². The summed E-state index contributed by atoms with van der Waals surface area (Å²) in [5.74, 6) is 1.68. The van der Waals surface area contributed by atoms with E-state index in [2.05, 4.69) is 64.7 Å². The molecule has 9 rings (SSSR count). The van der Waals surface area contributed by atoms with Gasteiger partial charge in [-0.1, -0.05) is 44.9 Å². The number of halogens is 1. The quantitative estimate of drug-likeness (QED) is 0.135. The number of nitrogens with zero attached hydrogens (tertiary/aromatic N) is 7. The number of carbonyl (C=O) groups excluding carboxylic acids is 3. The SMILES string of the molecule is C#Cc1ccc(CNC(=O)[C@@H]2C[C@@H](O)CN2C(=O)[C@@H](NC(=O)C2CCC3(CC2)CC(N2CCC(N4CCC(N5CCN(c6cc(-c7ccccc7O)nnc6NCC)CC5)CC4)CC2)C3)C(C)(C)C)c(F)c1. The van der Waals surface area contributed by atoms with Crippen molar-refractivity contribution >= 4 is 29.2 Å². The molecule has 0 radical (unpaired) electrons. The molecular formula is C56H77FN10O5. The molecule has 1 spiro atoms. The summed E-state index contributed by atoms with van der Waals surface area (Å²) in [6.07, 6.45) is 15.4. The Balaban J connectivity index is 0.690. The van der Waals surface area contributed by atoms with Crippen LogP contribution in [0.3, 0.4) is 0 Å². The standard InChI is InChI=1S/C56H77FN10O5/c1-6-37-12-13-39(45(57)30-37)35-59-53(71)48-31-43(68)36-67(48)54(72)50(55(3,4)5)60-52(70)38-14-20-56(21-15-38)33-42(34-56)64-24-18-40(19-25-64)63-22-16-41(17-23-63)65-26-28-66(29-27-65)47-32-46(61-62-51(47)58-7-2)44-10-8-9-11-49(44)69/h1,8-13,30,32,38,40-43,48,50,68-69H,7,14-29,31,33-36H2,2-5H3,(H,58,62)(H,59,71)(H,60,70)/t38?,42?,43-,48+,50-,56?/m1/s1. The van der Waals surface area contributed by atoms with Crippen molar-refractivity contribution in [2.45, 2.75) is 141 Å². The monoisotopic (exact) mass is 989 g/mol. The molecule has 4 aliphatic heterocycles. The highest BCUT2D eigenvalue weighted by Crippen LogP contribution is 2.55. The molecular weight excluding hydrogens is 912 g/mol. The zero-order valence-electron chi connectivity index (χ0n) is 42.9. The number of rotatable bonds is 13. The third kappa shape index (κ3) is 11.4. The van der Waals surface area contributed by atoms with Crippen LogP contribution in [0.25, 0.3) is 11.3 Å². The Morgan fingerprint density at radius 2 is 1.49 bits per heavy atom. The summed E-state index contributed by atoms with van der Waals surface area (Å²) < 4.78 is 14.6. The molecule has 388 valence electrons. The van der Waals surface area contributed by atoms with E-state index in [0.717, 1.165) is 96.1 Å². The zero-order chi connectivity index (χ0) is 50.7. The lowest BCUT2D eigenvalue weighted by Gasteiger charge is -2.56. The summed E-state index contributed by atoms with van der Waals surface area (Å²) >= 11 is 0. The number of anilines is 2. The number of phenolic OH excluding ortho intramolecular Hbond substituents is 1. The second-order valence-corrected chi connectivity index (χ2v) is 22.8. The molecule has 3 aromatic rings. The predicted molar refractivity (Wildman–Crippen MR) is 277 cm³/mol. The van der Waals surface area contributed by atoms with Crippen LogP contribution in [0.4, 0.5) is 15.9 Å². The van der Waals surface area contributed by atoms with Crippen LogP contribution in [-0.2, 0) is 20.9 Å². The second-order valence-electron chi connectivity index (χ2n) is 22.8. The highest BCUT2D eigenvalue weighted by Gasteiger charge is 2.50. The molecule has 15 nitrogen and oxygen atoms in total. The lowest BCUT2D eigenvalue weighted by molar-refractivity contribution is -0.145. The number of phenols is 1. The Morgan fingerprint density at radius 1 is 0.847 bits per heavy atom. The number of benzene rings is 2. The molecule has 2 aliphatic carbocycles. The molecule has 5 N–H and O–H groups in total. The third-order valence-corrected chi connectivity index (χ3v) is 17.2. The smallest absolute Gasteiger partial charge is 0.246 e. The molecule has 5 heterocycles. The second kappa shape index (κ2) is 22.0. The molecule has 2 saturated carbocycles. The fourth-order valence-corrected chi connectivity index (χ4v) is 12.9. The van der Waals surface area contributed by atoms with Crippen molar-refractivity contribution in [1.82, 2.24) is 40.4 Å². The first-order chi connectivity index (χ1) is 34.6. The van der Waals surface area contributed by atoms with Gasteiger partial charge in [-0.2, -0.15) is 0 Å². The number of hydrogen-bond acceptors (Lipinski definition) is 12. The fourth-order valence-electron chi connectivity index (χ4n) is 12.9. The minimum absolute atomic E-state index is 0.0229. The Morgan fingerprint density at radius 3 is 2.10 bits per heavy atom. The number of β-amino-alcohol motifs (C(OH)–C–C–N with tert-alkyl or cyclic N) is 1. The molecule has 6 aliphatic rings. The minimum Gasteiger partial charge on any atom is -0.507 e.